The smallest absolute Gasteiger partial charge is 0.120 e. The summed E-state index contributed by atoms with van der Waals surface area (Å²) >= 11 is 0. The van der Waals surface area contributed by atoms with Gasteiger partial charge < -0.3 is 9.84 Å². The molecule has 3 atom stereocenters. The van der Waals surface area contributed by atoms with E-state index in [1.807, 2.05) is 0 Å². The Hall–Kier alpha value is -1.02. The normalized spacial score (nSPS) is 33.5. The standard InChI is InChI=1S/C18H26O2/c1-12-8-13(2)10-16(9-12)20-15-7-6-14-4-3-5-18(19)17(14)11-15/h6-7,11-13,16,18-19H,3-5,8-10H2,1-2H3/t12?,13?,16?,18-/m1/s1. The number of hydrogen-bond donors (Lipinski definition) is 1. The van der Waals surface area contributed by atoms with E-state index >= 15 is 0 Å². The summed E-state index contributed by atoms with van der Waals surface area (Å²) in [4.78, 5) is 0. The van der Waals surface area contributed by atoms with E-state index in [1.165, 1.54) is 12.0 Å². The fourth-order valence-electron chi connectivity index (χ4n) is 3.99. The van der Waals surface area contributed by atoms with Gasteiger partial charge in [0.1, 0.15) is 5.75 Å². The van der Waals surface area contributed by atoms with Crippen molar-refractivity contribution in [3.63, 3.8) is 0 Å². The van der Waals surface area contributed by atoms with E-state index in [2.05, 4.69) is 32.0 Å². The molecule has 0 aromatic heterocycles. The van der Waals surface area contributed by atoms with Crippen LogP contribution in [-0.2, 0) is 6.42 Å². The van der Waals surface area contributed by atoms with E-state index < -0.39 is 0 Å². The van der Waals surface area contributed by atoms with Crippen LogP contribution in [0.3, 0.4) is 0 Å². The fraction of sp³-hybridized carbons (Fsp3) is 0.667. The summed E-state index contributed by atoms with van der Waals surface area (Å²) in [6, 6.07) is 6.30. The highest BCUT2D eigenvalue weighted by Crippen LogP contribution is 2.35. The molecule has 1 aromatic carbocycles. The Labute approximate surface area is 122 Å². The summed E-state index contributed by atoms with van der Waals surface area (Å²) < 4.78 is 6.20. The lowest BCUT2D eigenvalue weighted by atomic mass is 9.82. The fourth-order valence-corrected chi connectivity index (χ4v) is 3.99. The van der Waals surface area contributed by atoms with Gasteiger partial charge in [0.2, 0.25) is 0 Å². The van der Waals surface area contributed by atoms with Gasteiger partial charge in [-0.05, 0) is 73.6 Å². The zero-order chi connectivity index (χ0) is 14.1. The Morgan fingerprint density at radius 2 is 1.85 bits per heavy atom. The minimum absolute atomic E-state index is 0.300. The first kappa shape index (κ1) is 13.9. The van der Waals surface area contributed by atoms with Crippen molar-refractivity contribution in [3.05, 3.63) is 29.3 Å². The van der Waals surface area contributed by atoms with E-state index in [0.29, 0.717) is 6.10 Å². The molecule has 0 amide bonds. The Morgan fingerprint density at radius 3 is 2.60 bits per heavy atom. The first-order valence-corrected chi connectivity index (χ1v) is 8.09. The molecular weight excluding hydrogens is 248 g/mol. The zero-order valence-electron chi connectivity index (χ0n) is 12.6. The summed E-state index contributed by atoms with van der Waals surface area (Å²) in [7, 11) is 0. The minimum atomic E-state index is -0.300. The number of aliphatic hydroxyl groups is 1. The third kappa shape index (κ3) is 3.01. The van der Waals surface area contributed by atoms with Crippen LogP contribution in [0.4, 0.5) is 0 Å². The third-order valence-electron chi connectivity index (χ3n) is 4.84. The highest BCUT2D eigenvalue weighted by Gasteiger charge is 2.26. The molecule has 2 nitrogen and oxygen atoms in total. The lowest BCUT2D eigenvalue weighted by Gasteiger charge is -2.32. The zero-order valence-corrected chi connectivity index (χ0v) is 12.6. The third-order valence-corrected chi connectivity index (χ3v) is 4.84. The summed E-state index contributed by atoms with van der Waals surface area (Å²) in [6.45, 7) is 4.64. The van der Waals surface area contributed by atoms with Crippen LogP contribution in [0.25, 0.3) is 0 Å². The molecule has 2 heteroatoms. The molecule has 110 valence electrons. The van der Waals surface area contributed by atoms with Crippen molar-refractivity contribution in [1.29, 1.82) is 0 Å². The molecule has 20 heavy (non-hydrogen) atoms. The maximum Gasteiger partial charge on any atom is 0.120 e. The number of ether oxygens (including phenoxy) is 1. The molecule has 2 unspecified atom stereocenters. The molecule has 0 radical (unpaired) electrons. The van der Waals surface area contributed by atoms with Gasteiger partial charge in [-0.25, -0.2) is 0 Å². The molecule has 0 saturated heterocycles. The van der Waals surface area contributed by atoms with Crippen molar-refractivity contribution < 1.29 is 9.84 Å². The van der Waals surface area contributed by atoms with Gasteiger partial charge in [-0.3, -0.25) is 0 Å². The number of fused-ring (bicyclic) bond motifs is 1. The van der Waals surface area contributed by atoms with Crippen LogP contribution in [0, 0.1) is 11.8 Å². The lowest BCUT2D eigenvalue weighted by molar-refractivity contribution is 0.100. The number of benzene rings is 1. The van der Waals surface area contributed by atoms with Crippen molar-refractivity contribution in [2.75, 3.05) is 0 Å². The van der Waals surface area contributed by atoms with Crippen LogP contribution < -0.4 is 4.74 Å². The summed E-state index contributed by atoms with van der Waals surface area (Å²) in [5.74, 6) is 2.45. The van der Waals surface area contributed by atoms with Gasteiger partial charge in [0.25, 0.3) is 0 Å². The van der Waals surface area contributed by atoms with Crippen molar-refractivity contribution in [2.24, 2.45) is 11.8 Å². The predicted octanol–water partition coefficient (Wildman–Crippen LogP) is 4.26. The first-order valence-electron chi connectivity index (χ1n) is 8.09. The van der Waals surface area contributed by atoms with E-state index in [9.17, 15) is 5.11 Å². The average molecular weight is 274 g/mol. The van der Waals surface area contributed by atoms with E-state index in [-0.39, 0.29) is 6.10 Å². The molecule has 0 bridgehead atoms. The predicted molar refractivity (Wildman–Crippen MR) is 80.9 cm³/mol. The van der Waals surface area contributed by atoms with Gasteiger partial charge in [0.15, 0.2) is 0 Å². The maximum absolute atomic E-state index is 10.1. The van der Waals surface area contributed by atoms with E-state index in [0.717, 1.165) is 55.3 Å². The van der Waals surface area contributed by atoms with Crippen molar-refractivity contribution >= 4 is 0 Å². The van der Waals surface area contributed by atoms with Crippen molar-refractivity contribution in [1.82, 2.24) is 0 Å². The summed E-state index contributed by atoms with van der Waals surface area (Å²) in [6.07, 6.45) is 6.74. The second-order valence-electron chi connectivity index (χ2n) is 6.93. The quantitative estimate of drug-likeness (QED) is 0.873. The number of aliphatic hydroxyl groups excluding tert-OH is 1. The number of rotatable bonds is 2. The molecule has 0 spiro atoms. The monoisotopic (exact) mass is 274 g/mol. The number of aryl methyl sites for hydroxylation is 1. The van der Waals surface area contributed by atoms with Gasteiger partial charge in [-0.15, -0.1) is 0 Å². The van der Waals surface area contributed by atoms with E-state index in [1.54, 1.807) is 0 Å². The lowest BCUT2D eigenvalue weighted by Crippen LogP contribution is -2.28. The second-order valence-corrected chi connectivity index (χ2v) is 6.93. The largest absolute Gasteiger partial charge is 0.490 e. The molecule has 0 aliphatic heterocycles. The summed E-state index contributed by atoms with van der Waals surface area (Å²) in [5, 5.41) is 10.1. The molecule has 2 aliphatic rings. The van der Waals surface area contributed by atoms with Crippen LogP contribution in [-0.4, -0.2) is 11.2 Å². The Balaban J connectivity index is 1.73. The van der Waals surface area contributed by atoms with Crippen LogP contribution >= 0.6 is 0 Å². The molecule has 2 aliphatic carbocycles. The molecular formula is C18H26O2. The minimum Gasteiger partial charge on any atom is -0.490 e. The topological polar surface area (TPSA) is 29.5 Å². The second kappa shape index (κ2) is 5.77. The first-order chi connectivity index (χ1) is 9.61. The Bertz CT molecular complexity index is 458. The molecule has 3 rings (SSSR count). The van der Waals surface area contributed by atoms with Gasteiger partial charge in [0, 0.05) is 0 Å². The SMILES string of the molecule is CC1CC(C)CC(Oc2ccc3c(c2)[C@H](O)CCC3)C1. The molecule has 1 aromatic rings. The molecule has 1 fully saturated rings. The van der Waals surface area contributed by atoms with Gasteiger partial charge >= 0.3 is 0 Å². The summed E-state index contributed by atoms with van der Waals surface area (Å²) in [5.41, 5.74) is 2.38. The van der Waals surface area contributed by atoms with Gasteiger partial charge in [-0.1, -0.05) is 19.9 Å². The van der Waals surface area contributed by atoms with E-state index in [4.69, 9.17) is 4.74 Å². The van der Waals surface area contributed by atoms with Crippen LogP contribution in [0.2, 0.25) is 0 Å². The number of hydrogen-bond acceptors (Lipinski definition) is 2. The highest BCUT2D eigenvalue weighted by molar-refractivity contribution is 5.38. The Morgan fingerprint density at radius 1 is 1.10 bits per heavy atom. The average Bonchev–Trinajstić information content (AvgIpc) is 2.38. The van der Waals surface area contributed by atoms with Crippen LogP contribution in [0.15, 0.2) is 18.2 Å². The highest BCUT2D eigenvalue weighted by atomic mass is 16.5. The molecule has 0 heterocycles. The van der Waals surface area contributed by atoms with Crippen molar-refractivity contribution in [3.8, 4) is 5.75 Å². The Kier molecular flexibility index (Phi) is 4.02. The van der Waals surface area contributed by atoms with Crippen LogP contribution in [0.1, 0.15) is 63.2 Å². The maximum atomic E-state index is 10.1. The van der Waals surface area contributed by atoms with Gasteiger partial charge in [0.05, 0.1) is 12.2 Å². The van der Waals surface area contributed by atoms with Crippen LogP contribution in [0.5, 0.6) is 5.75 Å². The molecule has 1 saturated carbocycles. The van der Waals surface area contributed by atoms with Gasteiger partial charge in [-0.2, -0.15) is 0 Å². The van der Waals surface area contributed by atoms with Crippen molar-refractivity contribution in [2.45, 2.75) is 64.6 Å². The molecule has 1 N–H and O–H groups in total.